The molecule has 2 N–H and O–H groups in total. The number of rotatable bonds is 3. The van der Waals surface area contributed by atoms with Crippen LogP contribution in [-0.4, -0.2) is 5.11 Å². The van der Waals surface area contributed by atoms with Crippen LogP contribution in [0.3, 0.4) is 0 Å². The van der Waals surface area contributed by atoms with E-state index in [9.17, 15) is 5.11 Å². The molecule has 2 aromatic rings. The Morgan fingerprint density at radius 1 is 1.31 bits per heavy atom. The van der Waals surface area contributed by atoms with Crippen LogP contribution in [0.5, 0.6) is 5.75 Å². The number of aryl methyl sites for hydroxylation is 1. The molecular formula is C13H15NOS. The van der Waals surface area contributed by atoms with E-state index < -0.39 is 0 Å². The molecule has 1 aromatic heterocycles. The Kier molecular flexibility index (Phi) is 3.15. The molecule has 1 unspecified atom stereocenters. The molecule has 2 nitrogen and oxygen atoms in total. The average molecular weight is 233 g/mol. The zero-order valence-corrected chi connectivity index (χ0v) is 10.2. The summed E-state index contributed by atoms with van der Waals surface area (Å²) in [5.74, 6) is 0.292. The highest BCUT2D eigenvalue weighted by atomic mass is 32.1. The fourth-order valence-electron chi connectivity index (χ4n) is 1.74. The van der Waals surface area contributed by atoms with E-state index in [0.717, 1.165) is 5.69 Å². The number of hydrogen-bond acceptors (Lipinski definition) is 3. The van der Waals surface area contributed by atoms with Crippen molar-refractivity contribution < 1.29 is 5.11 Å². The Morgan fingerprint density at radius 3 is 2.75 bits per heavy atom. The SMILES string of the molecule is Cc1ccsc1C(C)Nc1cccc(O)c1. The minimum Gasteiger partial charge on any atom is -0.508 e. The first kappa shape index (κ1) is 11.0. The minimum absolute atomic E-state index is 0.266. The van der Waals surface area contributed by atoms with E-state index in [1.54, 1.807) is 23.5 Å². The maximum atomic E-state index is 9.37. The highest BCUT2D eigenvalue weighted by Crippen LogP contribution is 2.27. The van der Waals surface area contributed by atoms with E-state index in [0.29, 0.717) is 5.75 Å². The molecule has 0 saturated heterocycles. The van der Waals surface area contributed by atoms with Crippen molar-refractivity contribution in [3.8, 4) is 5.75 Å². The van der Waals surface area contributed by atoms with Gasteiger partial charge in [0.05, 0.1) is 6.04 Å². The monoisotopic (exact) mass is 233 g/mol. The van der Waals surface area contributed by atoms with E-state index in [2.05, 4.69) is 30.6 Å². The summed E-state index contributed by atoms with van der Waals surface area (Å²) in [5.41, 5.74) is 2.26. The number of nitrogens with one attached hydrogen (secondary N) is 1. The molecule has 0 radical (unpaired) electrons. The van der Waals surface area contributed by atoms with Gasteiger partial charge in [-0.25, -0.2) is 0 Å². The highest BCUT2D eigenvalue weighted by Gasteiger charge is 2.09. The Labute approximate surface area is 99.6 Å². The van der Waals surface area contributed by atoms with Gasteiger partial charge in [-0.15, -0.1) is 11.3 Å². The molecule has 1 aromatic carbocycles. The number of phenolic OH excluding ortho intramolecular Hbond substituents is 1. The van der Waals surface area contributed by atoms with Gasteiger partial charge in [0.1, 0.15) is 5.75 Å². The third-order valence-electron chi connectivity index (χ3n) is 2.52. The van der Waals surface area contributed by atoms with Gasteiger partial charge in [0.2, 0.25) is 0 Å². The largest absolute Gasteiger partial charge is 0.508 e. The second kappa shape index (κ2) is 4.58. The summed E-state index contributed by atoms with van der Waals surface area (Å²) in [5, 5.41) is 14.9. The predicted molar refractivity (Wildman–Crippen MR) is 69.2 cm³/mol. The number of phenols is 1. The van der Waals surface area contributed by atoms with Gasteiger partial charge in [0, 0.05) is 16.6 Å². The number of hydrogen-bond donors (Lipinski definition) is 2. The van der Waals surface area contributed by atoms with Crippen molar-refractivity contribution in [2.45, 2.75) is 19.9 Å². The minimum atomic E-state index is 0.266. The van der Waals surface area contributed by atoms with Crippen LogP contribution in [0.4, 0.5) is 5.69 Å². The lowest BCUT2D eigenvalue weighted by molar-refractivity contribution is 0.475. The average Bonchev–Trinajstić information content (AvgIpc) is 2.64. The van der Waals surface area contributed by atoms with E-state index in [4.69, 9.17) is 0 Å². The van der Waals surface area contributed by atoms with Gasteiger partial charge in [-0.1, -0.05) is 6.07 Å². The van der Waals surface area contributed by atoms with Gasteiger partial charge in [-0.05, 0) is 43.0 Å². The van der Waals surface area contributed by atoms with Crippen molar-refractivity contribution in [1.29, 1.82) is 0 Å². The summed E-state index contributed by atoms with van der Waals surface area (Å²) in [6, 6.07) is 9.60. The Bertz CT molecular complexity index is 478. The standard InChI is InChI=1S/C13H15NOS/c1-9-6-7-16-13(9)10(2)14-11-4-3-5-12(15)8-11/h3-8,10,14-15H,1-2H3. The Morgan fingerprint density at radius 2 is 2.12 bits per heavy atom. The van der Waals surface area contributed by atoms with Gasteiger partial charge in [0.15, 0.2) is 0 Å². The lowest BCUT2D eigenvalue weighted by Crippen LogP contribution is -2.05. The third kappa shape index (κ3) is 2.36. The first-order valence-electron chi connectivity index (χ1n) is 5.26. The number of aromatic hydroxyl groups is 1. The number of anilines is 1. The van der Waals surface area contributed by atoms with Crippen LogP contribution in [0.1, 0.15) is 23.4 Å². The molecule has 1 atom stereocenters. The smallest absolute Gasteiger partial charge is 0.117 e. The Hall–Kier alpha value is -1.48. The maximum Gasteiger partial charge on any atom is 0.117 e. The molecule has 1 heterocycles. The van der Waals surface area contributed by atoms with Crippen LogP contribution < -0.4 is 5.32 Å². The first-order chi connectivity index (χ1) is 7.66. The van der Waals surface area contributed by atoms with Gasteiger partial charge in [-0.2, -0.15) is 0 Å². The zero-order chi connectivity index (χ0) is 11.5. The molecular weight excluding hydrogens is 218 g/mol. The second-order valence-corrected chi connectivity index (χ2v) is 4.83. The summed E-state index contributed by atoms with van der Waals surface area (Å²) in [7, 11) is 0. The van der Waals surface area contributed by atoms with E-state index in [1.807, 2.05) is 12.1 Å². The number of thiophene rings is 1. The maximum absolute atomic E-state index is 9.37. The van der Waals surface area contributed by atoms with Crippen LogP contribution in [0, 0.1) is 6.92 Å². The number of benzene rings is 1. The zero-order valence-electron chi connectivity index (χ0n) is 9.40. The molecule has 0 saturated carbocycles. The summed E-state index contributed by atoms with van der Waals surface area (Å²) in [6.45, 7) is 4.25. The first-order valence-corrected chi connectivity index (χ1v) is 6.14. The van der Waals surface area contributed by atoms with Crippen LogP contribution in [0.2, 0.25) is 0 Å². The van der Waals surface area contributed by atoms with Gasteiger partial charge in [-0.3, -0.25) is 0 Å². The summed E-state index contributed by atoms with van der Waals surface area (Å²) in [6.07, 6.45) is 0. The van der Waals surface area contributed by atoms with Crippen molar-refractivity contribution >= 4 is 17.0 Å². The fraction of sp³-hybridized carbons (Fsp3) is 0.231. The molecule has 16 heavy (non-hydrogen) atoms. The van der Waals surface area contributed by atoms with Crippen LogP contribution in [-0.2, 0) is 0 Å². The van der Waals surface area contributed by atoms with E-state index in [1.165, 1.54) is 10.4 Å². The van der Waals surface area contributed by atoms with Crippen molar-refractivity contribution in [3.05, 3.63) is 46.2 Å². The summed E-state index contributed by atoms with van der Waals surface area (Å²) >= 11 is 1.76. The molecule has 3 heteroatoms. The third-order valence-corrected chi connectivity index (χ3v) is 3.73. The highest BCUT2D eigenvalue weighted by molar-refractivity contribution is 7.10. The quantitative estimate of drug-likeness (QED) is 0.841. The summed E-state index contributed by atoms with van der Waals surface area (Å²) in [4.78, 5) is 1.34. The molecule has 2 rings (SSSR count). The van der Waals surface area contributed by atoms with Crippen LogP contribution >= 0.6 is 11.3 Å². The van der Waals surface area contributed by atoms with E-state index in [-0.39, 0.29) is 6.04 Å². The van der Waals surface area contributed by atoms with Gasteiger partial charge >= 0.3 is 0 Å². The Balaban J connectivity index is 2.14. The normalized spacial score (nSPS) is 12.4. The van der Waals surface area contributed by atoms with Gasteiger partial charge < -0.3 is 10.4 Å². The molecule has 0 aliphatic rings. The van der Waals surface area contributed by atoms with Crippen LogP contribution in [0.25, 0.3) is 0 Å². The lowest BCUT2D eigenvalue weighted by Gasteiger charge is -2.15. The lowest BCUT2D eigenvalue weighted by atomic mass is 10.2. The van der Waals surface area contributed by atoms with Crippen molar-refractivity contribution in [1.82, 2.24) is 0 Å². The molecule has 0 aliphatic heterocycles. The van der Waals surface area contributed by atoms with Crippen molar-refractivity contribution in [2.24, 2.45) is 0 Å². The molecule has 84 valence electrons. The molecule has 0 bridgehead atoms. The molecule has 0 amide bonds. The topological polar surface area (TPSA) is 32.3 Å². The fourth-order valence-corrected chi connectivity index (χ4v) is 2.68. The predicted octanol–water partition coefficient (Wildman–Crippen LogP) is 3.94. The van der Waals surface area contributed by atoms with Crippen molar-refractivity contribution in [3.63, 3.8) is 0 Å². The van der Waals surface area contributed by atoms with Crippen molar-refractivity contribution in [2.75, 3.05) is 5.32 Å². The second-order valence-electron chi connectivity index (χ2n) is 3.88. The van der Waals surface area contributed by atoms with Gasteiger partial charge in [0.25, 0.3) is 0 Å². The van der Waals surface area contributed by atoms with Crippen LogP contribution in [0.15, 0.2) is 35.7 Å². The molecule has 0 spiro atoms. The van der Waals surface area contributed by atoms with E-state index >= 15 is 0 Å². The molecule has 0 fully saturated rings. The molecule has 0 aliphatic carbocycles. The summed E-state index contributed by atoms with van der Waals surface area (Å²) < 4.78 is 0.